The zero-order valence-corrected chi connectivity index (χ0v) is 21.2. The van der Waals surface area contributed by atoms with Crippen LogP contribution >= 0.6 is 0 Å². The molecule has 1 N–H and O–H groups in total. The molecule has 0 heterocycles. The Morgan fingerprint density at radius 2 is 1.62 bits per heavy atom. The summed E-state index contributed by atoms with van der Waals surface area (Å²) in [7, 11) is -3.72. The number of hydrogen-bond acceptors (Lipinski definition) is 4. The largest absolute Gasteiger partial charge is 0.370 e. The van der Waals surface area contributed by atoms with Gasteiger partial charge in [-0.2, -0.15) is 18.4 Å². The molecule has 0 aliphatic heterocycles. The number of fused-ring (bicyclic) bond motifs is 3. The van der Waals surface area contributed by atoms with Gasteiger partial charge in [0.15, 0.2) is 0 Å². The average Bonchev–Trinajstić information content (AvgIpc) is 2.63. The van der Waals surface area contributed by atoms with Gasteiger partial charge in [-0.15, -0.1) is 0 Å². The van der Waals surface area contributed by atoms with E-state index in [2.05, 4.69) is 51.5 Å². The third kappa shape index (κ3) is 4.41. The van der Waals surface area contributed by atoms with E-state index < -0.39 is 15.6 Å². The van der Waals surface area contributed by atoms with E-state index in [0.29, 0.717) is 6.61 Å². The molecule has 4 rings (SSSR count). The number of nitrogens with one attached hydrogen (secondary N) is 1. The van der Waals surface area contributed by atoms with Crippen molar-refractivity contribution < 1.29 is 13.2 Å². The maximum absolute atomic E-state index is 12.9. The second-order valence-electron chi connectivity index (χ2n) is 12.1. The minimum atomic E-state index is -3.72. The summed E-state index contributed by atoms with van der Waals surface area (Å²) in [6, 6.07) is 8.44. The first-order chi connectivity index (χ1) is 14.8. The highest BCUT2D eigenvalue weighted by Crippen LogP contribution is 2.62. The van der Waals surface area contributed by atoms with Crippen LogP contribution in [0.15, 0.2) is 51.5 Å². The third-order valence-corrected chi connectivity index (χ3v) is 8.46. The molecule has 6 heteroatoms. The summed E-state index contributed by atoms with van der Waals surface area (Å²) in [6.07, 6.45) is 5.87. The Balaban J connectivity index is 1.81. The number of hydrogen-bond donors (Lipinski definition) is 1. The summed E-state index contributed by atoms with van der Waals surface area (Å²) in [6.45, 7) is 14.3. The molecule has 2 atom stereocenters. The standard InChI is InChI=1S/C26H38N2O3S/c1-7-31-26-17-24(4,5)16-25(6,18-26)14-19-13-23(2,3)15-21(22(19)26)27-28-32(29,30)20-11-9-8-10-12-20/h8-12,28H,7,13-18H2,1-6H3/b27-21+. The molecule has 1 fully saturated rings. The van der Waals surface area contributed by atoms with E-state index in [9.17, 15) is 8.42 Å². The van der Waals surface area contributed by atoms with Gasteiger partial charge in [0.2, 0.25) is 0 Å². The first-order valence-corrected chi connectivity index (χ1v) is 13.3. The van der Waals surface area contributed by atoms with Crippen molar-refractivity contribution in [2.24, 2.45) is 21.3 Å². The highest BCUT2D eigenvalue weighted by molar-refractivity contribution is 7.89. The zero-order valence-electron chi connectivity index (χ0n) is 20.4. The highest BCUT2D eigenvalue weighted by atomic mass is 32.2. The van der Waals surface area contributed by atoms with Gasteiger partial charge < -0.3 is 4.74 Å². The first kappa shape index (κ1) is 23.5. The van der Waals surface area contributed by atoms with Crippen molar-refractivity contribution in [2.75, 3.05) is 6.61 Å². The molecule has 176 valence electrons. The van der Waals surface area contributed by atoms with Crippen LogP contribution in [0.5, 0.6) is 0 Å². The van der Waals surface area contributed by atoms with Gasteiger partial charge in [-0.25, -0.2) is 0 Å². The molecule has 0 aromatic heterocycles. The smallest absolute Gasteiger partial charge is 0.276 e. The van der Waals surface area contributed by atoms with E-state index in [-0.39, 0.29) is 21.1 Å². The minimum Gasteiger partial charge on any atom is -0.370 e. The lowest BCUT2D eigenvalue weighted by atomic mass is 9.49. The Morgan fingerprint density at radius 3 is 2.28 bits per heavy atom. The summed E-state index contributed by atoms with van der Waals surface area (Å²) in [5.74, 6) is 0. The van der Waals surface area contributed by atoms with Crippen molar-refractivity contribution in [3.8, 4) is 0 Å². The van der Waals surface area contributed by atoms with Crippen LogP contribution in [-0.4, -0.2) is 26.3 Å². The molecule has 0 amide bonds. The van der Waals surface area contributed by atoms with Gasteiger partial charge in [0, 0.05) is 12.2 Å². The van der Waals surface area contributed by atoms with Crippen LogP contribution in [0.1, 0.15) is 80.1 Å². The van der Waals surface area contributed by atoms with Crippen molar-refractivity contribution in [3.63, 3.8) is 0 Å². The molecule has 3 aliphatic rings. The SMILES string of the molecule is CCOC12CC(C)(C)CC(C)(CC3=C1/C(=N/NS(=O)(=O)c1ccccc1)CC(C)(C)C3)C2. The van der Waals surface area contributed by atoms with Gasteiger partial charge in [-0.05, 0) is 73.8 Å². The van der Waals surface area contributed by atoms with Gasteiger partial charge in [0.1, 0.15) is 0 Å². The lowest BCUT2D eigenvalue weighted by Gasteiger charge is -2.59. The Labute approximate surface area is 193 Å². The lowest BCUT2D eigenvalue weighted by Crippen LogP contribution is -2.56. The Bertz CT molecular complexity index is 1060. The summed E-state index contributed by atoms with van der Waals surface area (Å²) in [5.41, 5.74) is 3.42. The monoisotopic (exact) mass is 458 g/mol. The van der Waals surface area contributed by atoms with Gasteiger partial charge in [0.25, 0.3) is 10.0 Å². The van der Waals surface area contributed by atoms with Crippen LogP contribution in [0, 0.1) is 16.2 Å². The van der Waals surface area contributed by atoms with Crippen LogP contribution in [-0.2, 0) is 14.8 Å². The van der Waals surface area contributed by atoms with Crippen LogP contribution in [0.3, 0.4) is 0 Å². The van der Waals surface area contributed by atoms with Crippen LogP contribution in [0.25, 0.3) is 0 Å². The molecule has 2 unspecified atom stereocenters. The number of nitrogens with zero attached hydrogens (tertiary/aromatic N) is 1. The number of benzene rings is 1. The molecule has 1 saturated carbocycles. The first-order valence-electron chi connectivity index (χ1n) is 11.8. The summed E-state index contributed by atoms with van der Waals surface area (Å²) in [4.78, 5) is 2.77. The molecular formula is C26H38N2O3S. The summed E-state index contributed by atoms with van der Waals surface area (Å²) < 4.78 is 32.4. The molecule has 5 nitrogen and oxygen atoms in total. The second-order valence-corrected chi connectivity index (χ2v) is 13.7. The Kier molecular flexibility index (Phi) is 5.65. The van der Waals surface area contributed by atoms with Crippen LogP contribution in [0.2, 0.25) is 0 Å². The van der Waals surface area contributed by atoms with Crippen molar-refractivity contribution in [1.82, 2.24) is 4.83 Å². The van der Waals surface area contributed by atoms with E-state index in [1.165, 1.54) is 17.6 Å². The molecule has 32 heavy (non-hydrogen) atoms. The number of rotatable bonds is 5. The van der Waals surface area contributed by atoms with Crippen molar-refractivity contribution >= 4 is 15.7 Å². The summed E-state index contributed by atoms with van der Waals surface area (Å²) >= 11 is 0. The minimum absolute atomic E-state index is 0.0285. The van der Waals surface area contributed by atoms with Gasteiger partial charge >= 0.3 is 0 Å². The van der Waals surface area contributed by atoms with E-state index in [1.54, 1.807) is 30.3 Å². The van der Waals surface area contributed by atoms with Crippen LogP contribution in [0.4, 0.5) is 0 Å². The molecule has 1 aromatic carbocycles. The van der Waals surface area contributed by atoms with Crippen molar-refractivity contribution in [2.45, 2.75) is 90.6 Å². The zero-order chi connectivity index (χ0) is 23.4. The van der Waals surface area contributed by atoms with E-state index in [0.717, 1.165) is 37.8 Å². The maximum Gasteiger partial charge on any atom is 0.276 e. The number of allylic oxidation sites excluding steroid dienone is 1. The second kappa shape index (κ2) is 7.69. The molecule has 2 bridgehead atoms. The Morgan fingerprint density at radius 1 is 0.938 bits per heavy atom. The van der Waals surface area contributed by atoms with Gasteiger partial charge in [0.05, 0.1) is 16.2 Å². The number of sulfonamides is 1. The molecular weight excluding hydrogens is 420 g/mol. The van der Waals surface area contributed by atoms with Gasteiger partial charge in [-0.3, -0.25) is 0 Å². The predicted octanol–water partition coefficient (Wildman–Crippen LogP) is 5.83. The third-order valence-electron chi connectivity index (χ3n) is 7.23. The van der Waals surface area contributed by atoms with E-state index >= 15 is 0 Å². The molecule has 3 aliphatic carbocycles. The fourth-order valence-corrected chi connectivity index (χ4v) is 8.00. The average molecular weight is 459 g/mol. The maximum atomic E-state index is 12.9. The van der Waals surface area contributed by atoms with Crippen molar-refractivity contribution in [1.29, 1.82) is 0 Å². The Hall–Kier alpha value is -1.66. The molecule has 1 aromatic rings. The molecule has 0 spiro atoms. The highest BCUT2D eigenvalue weighted by Gasteiger charge is 2.57. The fourth-order valence-electron chi connectivity index (χ4n) is 7.15. The van der Waals surface area contributed by atoms with E-state index in [4.69, 9.17) is 4.74 Å². The normalized spacial score (nSPS) is 32.5. The molecule has 0 radical (unpaired) electrons. The van der Waals surface area contributed by atoms with Gasteiger partial charge in [-0.1, -0.05) is 58.4 Å². The quantitative estimate of drug-likeness (QED) is 0.564. The summed E-state index contributed by atoms with van der Waals surface area (Å²) in [5, 5.41) is 4.60. The lowest BCUT2D eigenvalue weighted by molar-refractivity contribution is -0.114. The topological polar surface area (TPSA) is 67.8 Å². The van der Waals surface area contributed by atoms with E-state index in [1.807, 2.05) is 0 Å². The molecule has 0 saturated heterocycles. The number of ether oxygens (including phenoxy) is 1. The van der Waals surface area contributed by atoms with Crippen molar-refractivity contribution in [3.05, 3.63) is 41.5 Å². The fraction of sp³-hybridized carbons (Fsp3) is 0.654. The number of hydrazone groups is 1. The van der Waals surface area contributed by atoms with Crippen LogP contribution < -0.4 is 4.83 Å². The predicted molar refractivity (Wildman–Crippen MR) is 129 cm³/mol.